The minimum atomic E-state index is 0.0320. The van der Waals surface area contributed by atoms with E-state index in [1.54, 1.807) is 0 Å². The standard InChI is InChI=1S/C14H19NO.C9H10/c1-5-16-11-6-7-13-12(8-11)10(2)9-14(3,4)15-13;1-2-6-9-7-4-3-5-8-9/h6-9,15H,5H2,1-4H3;2-5,7-8H,1,6H2. The molecule has 0 amide bonds. The summed E-state index contributed by atoms with van der Waals surface area (Å²) in [6.45, 7) is 12.9. The molecule has 0 spiro atoms. The van der Waals surface area contributed by atoms with Crippen molar-refractivity contribution in [2.24, 2.45) is 0 Å². The Bertz CT molecular complexity index is 729. The van der Waals surface area contributed by atoms with Crippen LogP contribution >= 0.6 is 0 Å². The van der Waals surface area contributed by atoms with Gasteiger partial charge in [-0.15, -0.1) is 6.58 Å². The first kappa shape index (κ1) is 18.9. The maximum absolute atomic E-state index is 5.52. The highest BCUT2D eigenvalue weighted by Gasteiger charge is 2.22. The molecule has 1 heterocycles. The molecule has 2 aromatic rings. The summed E-state index contributed by atoms with van der Waals surface area (Å²) >= 11 is 0. The van der Waals surface area contributed by atoms with Crippen molar-refractivity contribution in [2.75, 3.05) is 11.9 Å². The van der Waals surface area contributed by atoms with Crippen LogP contribution in [0.25, 0.3) is 5.57 Å². The van der Waals surface area contributed by atoms with Crippen LogP contribution < -0.4 is 10.1 Å². The SMILES string of the molecule is C=CCc1ccccc1.CCOc1ccc2c(c1)C(C)=CC(C)(C)N2. The lowest BCUT2D eigenvalue weighted by Gasteiger charge is -2.31. The van der Waals surface area contributed by atoms with Crippen molar-refractivity contribution < 1.29 is 4.74 Å². The number of nitrogens with one attached hydrogen (secondary N) is 1. The molecule has 1 aliphatic heterocycles. The van der Waals surface area contributed by atoms with Gasteiger partial charge in [-0.3, -0.25) is 0 Å². The van der Waals surface area contributed by atoms with Crippen LogP contribution in [0.5, 0.6) is 5.75 Å². The van der Waals surface area contributed by atoms with Crippen LogP contribution in [-0.2, 0) is 6.42 Å². The minimum Gasteiger partial charge on any atom is -0.494 e. The summed E-state index contributed by atoms with van der Waals surface area (Å²) in [5.41, 5.74) is 5.09. The van der Waals surface area contributed by atoms with Crippen LogP contribution in [-0.4, -0.2) is 12.1 Å². The monoisotopic (exact) mass is 335 g/mol. The third-order valence-electron chi connectivity index (χ3n) is 3.98. The summed E-state index contributed by atoms with van der Waals surface area (Å²) in [6.07, 6.45) is 5.14. The van der Waals surface area contributed by atoms with Gasteiger partial charge in [0.05, 0.1) is 12.1 Å². The third kappa shape index (κ3) is 5.53. The fourth-order valence-corrected chi connectivity index (χ4v) is 3.00. The van der Waals surface area contributed by atoms with Gasteiger partial charge in [0.2, 0.25) is 0 Å². The number of hydrogen-bond acceptors (Lipinski definition) is 2. The van der Waals surface area contributed by atoms with Crippen LogP contribution in [0.3, 0.4) is 0 Å². The summed E-state index contributed by atoms with van der Waals surface area (Å²) in [7, 11) is 0. The Morgan fingerprint density at radius 3 is 2.48 bits per heavy atom. The number of fused-ring (bicyclic) bond motifs is 1. The van der Waals surface area contributed by atoms with Crippen LogP contribution in [0.4, 0.5) is 5.69 Å². The van der Waals surface area contributed by atoms with Gasteiger partial charge in [0.15, 0.2) is 0 Å². The lowest BCUT2D eigenvalue weighted by atomic mass is 9.91. The van der Waals surface area contributed by atoms with Gasteiger partial charge in [-0.25, -0.2) is 0 Å². The first-order valence-electron chi connectivity index (χ1n) is 8.85. The molecule has 0 saturated carbocycles. The zero-order chi connectivity index (χ0) is 18.3. The number of hydrogen-bond donors (Lipinski definition) is 1. The van der Waals surface area contributed by atoms with Gasteiger partial charge >= 0.3 is 0 Å². The van der Waals surface area contributed by atoms with Crippen molar-refractivity contribution in [1.82, 2.24) is 0 Å². The lowest BCUT2D eigenvalue weighted by molar-refractivity contribution is 0.340. The third-order valence-corrected chi connectivity index (χ3v) is 3.98. The maximum atomic E-state index is 5.52. The summed E-state index contributed by atoms with van der Waals surface area (Å²) in [6, 6.07) is 16.5. The first-order valence-corrected chi connectivity index (χ1v) is 8.85. The molecular weight excluding hydrogens is 306 g/mol. The molecule has 132 valence electrons. The number of ether oxygens (including phenoxy) is 1. The minimum absolute atomic E-state index is 0.0320. The highest BCUT2D eigenvalue weighted by Crippen LogP contribution is 2.35. The topological polar surface area (TPSA) is 21.3 Å². The fourth-order valence-electron chi connectivity index (χ4n) is 3.00. The molecule has 0 aromatic heterocycles. The van der Waals surface area contributed by atoms with Crippen molar-refractivity contribution in [2.45, 2.75) is 39.7 Å². The smallest absolute Gasteiger partial charge is 0.120 e. The maximum Gasteiger partial charge on any atom is 0.120 e. The van der Waals surface area contributed by atoms with Gasteiger partial charge in [-0.2, -0.15) is 0 Å². The zero-order valence-corrected chi connectivity index (χ0v) is 15.8. The number of anilines is 1. The van der Waals surface area contributed by atoms with Crippen LogP contribution in [0.15, 0.2) is 67.3 Å². The molecule has 0 unspecified atom stereocenters. The molecule has 2 heteroatoms. The predicted molar refractivity (Wildman–Crippen MR) is 109 cm³/mol. The summed E-state index contributed by atoms with van der Waals surface area (Å²) in [5.74, 6) is 0.940. The Kier molecular flexibility index (Phi) is 6.46. The summed E-state index contributed by atoms with van der Waals surface area (Å²) in [4.78, 5) is 0. The van der Waals surface area contributed by atoms with E-state index in [9.17, 15) is 0 Å². The highest BCUT2D eigenvalue weighted by atomic mass is 16.5. The number of allylic oxidation sites excluding steroid dienone is 2. The van der Waals surface area contributed by atoms with Gasteiger partial charge in [-0.1, -0.05) is 42.5 Å². The van der Waals surface area contributed by atoms with Crippen molar-refractivity contribution in [3.63, 3.8) is 0 Å². The van der Waals surface area contributed by atoms with Crippen molar-refractivity contribution in [3.8, 4) is 5.75 Å². The number of rotatable bonds is 4. The van der Waals surface area contributed by atoms with E-state index in [0.29, 0.717) is 6.61 Å². The molecule has 1 aliphatic rings. The summed E-state index contributed by atoms with van der Waals surface area (Å²) in [5, 5.41) is 3.50. The largest absolute Gasteiger partial charge is 0.494 e. The molecule has 0 bridgehead atoms. The molecule has 2 aromatic carbocycles. The lowest BCUT2D eigenvalue weighted by Crippen LogP contribution is -2.31. The van der Waals surface area contributed by atoms with E-state index in [2.05, 4.69) is 63.0 Å². The predicted octanol–water partition coefficient (Wildman–Crippen LogP) is 6.11. The zero-order valence-electron chi connectivity index (χ0n) is 15.8. The van der Waals surface area contributed by atoms with E-state index >= 15 is 0 Å². The Morgan fingerprint density at radius 1 is 1.12 bits per heavy atom. The van der Waals surface area contributed by atoms with Crippen molar-refractivity contribution >= 4 is 11.3 Å². The second-order valence-electron chi connectivity index (χ2n) is 6.79. The van der Waals surface area contributed by atoms with Crippen molar-refractivity contribution in [1.29, 1.82) is 0 Å². The van der Waals surface area contributed by atoms with E-state index in [4.69, 9.17) is 4.74 Å². The normalized spacial score (nSPS) is 14.2. The van der Waals surface area contributed by atoms with Gasteiger partial charge in [0.25, 0.3) is 0 Å². The van der Waals surface area contributed by atoms with Gasteiger partial charge in [0, 0.05) is 11.3 Å². The number of benzene rings is 2. The molecule has 0 radical (unpaired) electrons. The van der Waals surface area contributed by atoms with Crippen molar-refractivity contribution in [3.05, 3.63) is 78.4 Å². The Morgan fingerprint density at radius 2 is 1.84 bits per heavy atom. The molecule has 0 atom stereocenters. The van der Waals surface area contributed by atoms with E-state index in [1.165, 1.54) is 22.4 Å². The molecule has 0 saturated heterocycles. The van der Waals surface area contributed by atoms with Gasteiger partial charge in [-0.05, 0) is 63.5 Å². The van der Waals surface area contributed by atoms with Crippen LogP contribution in [0, 0.1) is 0 Å². The van der Waals surface area contributed by atoms with E-state index < -0.39 is 0 Å². The molecule has 3 rings (SSSR count). The second kappa shape index (κ2) is 8.57. The fraction of sp³-hybridized carbons (Fsp3) is 0.304. The molecular formula is C23H29NO. The van der Waals surface area contributed by atoms with Gasteiger partial charge < -0.3 is 10.1 Å². The van der Waals surface area contributed by atoms with E-state index in [1.807, 2.05) is 37.3 Å². The van der Waals surface area contributed by atoms with Crippen LogP contribution in [0.1, 0.15) is 38.8 Å². The highest BCUT2D eigenvalue weighted by molar-refractivity contribution is 5.80. The Balaban J connectivity index is 0.000000212. The Hall–Kier alpha value is -2.48. The quantitative estimate of drug-likeness (QED) is 0.681. The van der Waals surface area contributed by atoms with Crippen LogP contribution in [0.2, 0.25) is 0 Å². The second-order valence-corrected chi connectivity index (χ2v) is 6.79. The van der Waals surface area contributed by atoms with E-state index in [0.717, 1.165) is 12.2 Å². The molecule has 1 N–H and O–H groups in total. The van der Waals surface area contributed by atoms with Gasteiger partial charge in [0.1, 0.15) is 5.75 Å². The molecule has 25 heavy (non-hydrogen) atoms. The average molecular weight is 335 g/mol. The van der Waals surface area contributed by atoms with E-state index in [-0.39, 0.29) is 5.54 Å². The molecule has 0 fully saturated rings. The molecule has 0 aliphatic carbocycles. The Labute approximate surface area is 152 Å². The first-order chi connectivity index (χ1) is 11.9. The average Bonchev–Trinajstić information content (AvgIpc) is 2.57. The molecule has 2 nitrogen and oxygen atoms in total. The summed E-state index contributed by atoms with van der Waals surface area (Å²) < 4.78 is 5.52.